The summed E-state index contributed by atoms with van der Waals surface area (Å²) in [5.41, 5.74) is 0. The lowest BCUT2D eigenvalue weighted by Crippen LogP contribution is -2.62. The molecule has 3 saturated heterocycles. The van der Waals surface area contributed by atoms with Crippen molar-refractivity contribution >= 4 is 0 Å². The summed E-state index contributed by atoms with van der Waals surface area (Å²) in [5, 5.41) is 3.37. The number of nitrogens with one attached hydrogen (secondary N) is 1. The predicted octanol–water partition coefficient (Wildman–Crippen LogP) is 0.143. The van der Waals surface area contributed by atoms with Crippen molar-refractivity contribution in [3.05, 3.63) is 0 Å². The second kappa shape index (κ2) is 5.22. The summed E-state index contributed by atoms with van der Waals surface area (Å²) in [5.74, 6) is 0. The van der Waals surface area contributed by atoms with Crippen LogP contribution >= 0.6 is 0 Å². The molecule has 4 nitrogen and oxygen atoms in total. The van der Waals surface area contributed by atoms with Crippen LogP contribution < -0.4 is 5.32 Å². The van der Waals surface area contributed by atoms with Gasteiger partial charge in [-0.15, -0.1) is 0 Å². The lowest BCUT2D eigenvalue weighted by molar-refractivity contribution is -0.0335. The Hall–Kier alpha value is -0.160. The van der Waals surface area contributed by atoms with Crippen molar-refractivity contribution in [1.29, 1.82) is 0 Å². The number of piperazine rings is 1. The third kappa shape index (κ3) is 2.65. The molecule has 0 aromatic carbocycles. The second-order valence-corrected chi connectivity index (χ2v) is 5.74. The van der Waals surface area contributed by atoms with Gasteiger partial charge < -0.3 is 10.1 Å². The highest BCUT2D eigenvalue weighted by molar-refractivity contribution is 4.89. The van der Waals surface area contributed by atoms with Gasteiger partial charge in [0, 0.05) is 58.0 Å². The van der Waals surface area contributed by atoms with Gasteiger partial charge in [-0.05, 0) is 19.8 Å². The van der Waals surface area contributed by atoms with Crippen LogP contribution in [0.2, 0.25) is 0 Å². The highest BCUT2D eigenvalue weighted by Crippen LogP contribution is 2.21. The van der Waals surface area contributed by atoms with Crippen LogP contribution in [0.25, 0.3) is 0 Å². The molecular weight excluding hydrogens is 214 g/mol. The molecule has 0 spiro atoms. The van der Waals surface area contributed by atoms with Crippen LogP contribution in [0.3, 0.4) is 0 Å². The van der Waals surface area contributed by atoms with E-state index in [0.717, 1.165) is 18.7 Å². The molecule has 4 heteroatoms. The predicted molar refractivity (Wildman–Crippen MR) is 68.2 cm³/mol. The normalized spacial score (nSPS) is 37.9. The van der Waals surface area contributed by atoms with Crippen molar-refractivity contribution in [1.82, 2.24) is 15.1 Å². The molecule has 0 aromatic heterocycles. The Morgan fingerprint density at radius 2 is 1.65 bits per heavy atom. The molecule has 3 fully saturated rings. The molecular formula is C13H25N3O. The van der Waals surface area contributed by atoms with E-state index >= 15 is 0 Å². The lowest BCUT2D eigenvalue weighted by Gasteiger charge is -2.46. The van der Waals surface area contributed by atoms with Crippen LogP contribution in [0.5, 0.6) is 0 Å². The average molecular weight is 239 g/mol. The smallest absolute Gasteiger partial charge is 0.0561 e. The number of nitrogens with zero attached hydrogens (tertiary/aromatic N) is 2. The molecule has 0 radical (unpaired) electrons. The molecule has 0 aromatic rings. The summed E-state index contributed by atoms with van der Waals surface area (Å²) >= 11 is 0. The summed E-state index contributed by atoms with van der Waals surface area (Å²) < 4.78 is 5.64. The Kier molecular flexibility index (Phi) is 3.66. The largest absolute Gasteiger partial charge is 0.378 e. The van der Waals surface area contributed by atoms with Crippen LogP contribution in [0.4, 0.5) is 0 Å². The van der Waals surface area contributed by atoms with Gasteiger partial charge >= 0.3 is 0 Å². The van der Waals surface area contributed by atoms with E-state index in [1.807, 2.05) is 0 Å². The van der Waals surface area contributed by atoms with Crippen molar-refractivity contribution in [3.63, 3.8) is 0 Å². The lowest BCUT2D eigenvalue weighted by atomic mass is 10.0. The van der Waals surface area contributed by atoms with Crippen LogP contribution in [0, 0.1) is 0 Å². The average Bonchev–Trinajstić information content (AvgIpc) is 2.28. The maximum atomic E-state index is 5.64. The Morgan fingerprint density at radius 3 is 2.18 bits per heavy atom. The van der Waals surface area contributed by atoms with E-state index in [2.05, 4.69) is 22.0 Å². The minimum Gasteiger partial charge on any atom is -0.378 e. The minimum atomic E-state index is 0.461. The molecule has 17 heavy (non-hydrogen) atoms. The summed E-state index contributed by atoms with van der Waals surface area (Å²) in [6.07, 6.45) is 2.92. The fourth-order valence-electron chi connectivity index (χ4n) is 3.31. The van der Waals surface area contributed by atoms with Gasteiger partial charge in [0.1, 0.15) is 0 Å². The highest BCUT2D eigenvalue weighted by Gasteiger charge is 2.31. The summed E-state index contributed by atoms with van der Waals surface area (Å²) in [4.78, 5) is 5.36. The van der Waals surface area contributed by atoms with Crippen LogP contribution in [-0.4, -0.2) is 73.9 Å². The number of rotatable bonds is 2. The van der Waals surface area contributed by atoms with Crippen molar-refractivity contribution in [3.8, 4) is 0 Å². The molecule has 3 aliphatic heterocycles. The molecule has 3 aliphatic rings. The van der Waals surface area contributed by atoms with Gasteiger partial charge in [-0.2, -0.15) is 0 Å². The SMILES string of the molecule is CC1CC(N2CCN(C3CNC3)CC2)CCO1. The molecule has 98 valence electrons. The number of hydrogen-bond donors (Lipinski definition) is 1. The summed E-state index contributed by atoms with van der Waals surface area (Å²) in [6.45, 7) is 10.6. The van der Waals surface area contributed by atoms with E-state index in [1.54, 1.807) is 0 Å². The van der Waals surface area contributed by atoms with Gasteiger partial charge in [0.15, 0.2) is 0 Å². The Bertz CT molecular complexity index is 249. The first kappa shape index (κ1) is 11.9. The zero-order chi connectivity index (χ0) is 11.7. The third-order valence-electron chi connectivity index (χ3n) is 4.60. The van der Waals surface area contributed by atoms with Gasteiger partial charge in [0.05, 0.1) is 6.10 Å². The number of hydrogen-bond acceptors (Lipinski definition) is 4. The van der Waals surface area contributed by atoms with Gasteiger partial charge in [0.25, 0.3) is 0 Å². The standard InChI is InChI=1S/C13H25N3O/c1-11-8-12(2-7-17-11)15-3-5-16(6-4-15)13-9-14-10-13/h11-14H,2-10H2,1H3. The Balaban J connectivity index is 1.47. The zero-order valence-electron chi connectivity index (χ0n) is 10.9. The van der Waals surface area contributed by atoms with Crippen molar-refractivity contribution in [2.24, 2.45) is 0 Å². The molecule has 0 amide bonds. The van der Waals surface area contributed by atoms with Crippen molar-refractivity contribution in [2.75, 3.05) is 45.9 Å². The molecule has 0 saturated carbocycles. The van der Waals surface area contributed by atoms with Crippen molar-refractivity contribution < 1.29 is 4.74 Å². The van der Waals surface area contributed by atoms with E-state index < -0.39 is 0 Å². The molecule has 3 heterocycles. The monoisotopic (exact) mass is 239 g/mol. The first-order chi connectivity index (χ1) is 8.33. The van der Waals surface area contributed by atoms with E-state index in [9.17, 15) is 0 Å². The van der Waals surface area contributed by atoms with Gasteiger partial charge in [-0.3, -0.25) is 9.80 Å². The van der Waals surface area contributed by atoms with Crippen molar-refractivity contribution in [2.45, 2.75) is 38.0 Å². The van der Waals surface area contributed by atoms with E-state index in [-0.39, 0.29) is 0 Å². The highest BCUT2D eigenvalue weighted by atomic mass is 16.5. The quantitative estimate of drug-likeness (QED) is 0.742. The molecule has 2 unspecified atom stereocenters. The Morgan fingerprint density at radius 1 is 1.00 bits per heavy atom. The second-order valence-electron chi connectivity index (χ2n) is 5.74. The maximum absolute atomic E-state index is 5.64. The van der Waals surface area contributed by atoms with E-state index in [1.165, 1.54) is 52.1 Å². The third-order valence-corrected chi connectivity index (χ3v) is 4.60. The molecule has 2 atom stereocenters. The minimum absolute atomic E-state index is 0.461. The maximum Gasteiger partial charge on any atom is 0.0561 e. The first-order valence-corrected chi connectivity index (χ1v) is 7.13. The van der Waals surface area contributed by atoms with Gasteiger partial charge in [-0.25, -0.2) is 0 Å². The fraction of sp³-hybridized carbons (Fsp3) is 1.00. The van der Waals surface area contributed by atoms with E-state index in [0.29, 0.717) is 6.10 Å². The molecule has 3 rings (SSSR count). The van der Waals surface area contributed by atoms with Crippen LogP contribution in [0.15, 0.2) is 0 Å². The van der Waals surface area contributed by atoms with Crippen LogP contribution in [-0.2, 0) is 4.74 Å². The summed E-state index contributed by atoms with van der Waals surface area (Å²) in [7, 11) is 0. The molecule has 0 aliphatic carbocycles. The van der Waals surface area contributed by atoms with Gasteiger partial charge in [0.2, 0.25) is 0 Å². The van der Waals surface area contributed by atoms with E-state index in [4.69, 9.17) is 4.74 Å². The first-order valence-electron chi connectivity index (χ1n) is 7.13. The topological polar surface area (TPSA) is 27.7 Å². The molecule has 0 bridgehead atoms. The molecule has 1 N–H and O–H groups in total. The number of ether oxygens (including phenoxy) is 1. The van der Waals surface area contributed by atoms with Gasteiger partial charge in [-0.1, -0.05) is 0 Å². The fourth-order valence-corrected chi connectivity index (χ4v) is 3.31. The zero-order valence-corrected chi connectivity index (χ0v) is 10.9. The Labute approximate surface area is 104 Å². The van der Waals surface area contributed by atoms with Crippen LogP contribution in [0.1, 0.15) is 19.8 Å². The summed E-state index contributed by atoms with van der Waals surface area (Å²) in [6, 6.07) is 1.60.